The fraction of sp³-hybridized carbons (Fsp3) is 0.348. The Bertz CT molecular complexity index is 1390. The molecule has 0 aliphatic rings. The topological polar surface area (TPSA) is 114 Å². The van der Waals surface area contributed by atoms with Gasteiger partial charge in [0.25, 0.3) is 0 Å². The predicted octanol–water partition coefficient (Wildman–Crippen LogP) is 3.41. The van der Waals surface area contributed by atoms with Gasteiger partial charge in [0.05, 0.1) is 36.4 Å². The smallest absolute Gasteiger partial charge is 0.383 e. The second-order valence-corrected chi connectivity index (χ2v) is 7.83. The normalized spacial score (nSPS) is 11.9. The van der Waals surface area contributed by atoms with E-state index in [9.17, 15) is 32.9 Å². The van der Waals surface area contributed by atoms with E-state index < -0.39 is 33.6 Å². The lowest BCUT2D eigenvalue weighted by Gasteiger charge is -2.13. The Morgan fingerprint density at radius 1 is 1.14 bits per heavy atom. The van der Waals surface area contributed by atoms with Crippen molar-refractivity contribution >= 4 is 17.8 Å². The second kappa shape index (κ2) is 11.2. The fourth-order valence-corrected chi connectivity index (χ4v) is 3.70. The maximum Gasteiger partial charge on any atom is 0.416 e. The van der Waals surface area contributed by atoms with Gasteiger partial charge in [-0.15, -0.1) is 0 Å². The van der Waals surface area contributed by atoms with Crippen molar-refractivity contribution in [3.05, 3.63) is 90.0 Å². The number of nitrogens with zero attached hydrogens (tertiary/aromatic N) is 5. The number of benzene rings is 1. The molecule has 192 valence electrons. The Kier molecular flexibility index (Phi) is 8.25. The molecule has 0 N–H and O–H groups in total. The monoisotopic (exact) mass is 507 g/mol. The average molecular weight is 507 g/mol. The Morgan fingerprint density at radius 2 is 1.86 bits per heavy atom. The summed E-state index contributed by atoms with van der Waals surface area (Å²) in [5.74, 6) is 0. The quantitative estimate of drug-likeness (QED) is 0.307. The molecule has 0 saturated heterocycles. The molecule has 0 atom stereocenters. The van der Waals surface area contributed by atoms with Crippen molar-refractivity contribution in [3.63, 3.8) is 0 Å². The molecule has 2 heterocycles. The largest absolute Gasteiger partial charge is 0.416 e. The molecule has 1 aromatic carbocycles. The maximum atomic E-state index is 13.3. The lowest BCUT2D eigenvalue weighted by atomic mass is 10.1. The van der Waals surface area contributed by atoms with Crippen LogP contribution < -0.4 is 11.2 Å². The first-order chi connectivity index (χ1) is 17.1. The van der Waals surface area contributed by atoms with E-state index in [1.54, 1.807) is 6.92 Å². The van der Waals surface area contributed by atoms with Gasteiger partial charge < -0.3 is 4.74 Å². The third kappa shape index (κ3) is 5.79. The summed E-state index contributed by atoms with van der Waals surface area (Å²) >= 11 is 0. The number of halogens is 3. The highest BCUT2D eigenvalue weighted by molar-refractivity contribution is 5.71. The summed E-state index contributed by atoms with van der Waals surface area (Å²) in [6, 6.07) is 5.14. The molecule has 3 rings (SSSR count). The minimum atomic E-state index is -4.52. The van der Waals surface area contributed by atoms with Crippen molar-refractivity contribution in [1.82, 2.24) is 18.9 Å². The number of methoxy groups -OCH3 is 1. The van der Waals surface area contributed by atoms with Crippen molar-refractivity contribution in [2.75, 3.05) is 13.7 Å². The first-order valence-electron chi connectivity index (χ1n) is 10.9. The Balaban J connectivity index is 2.00. The molecule has 2 aromatic heterocycles. The van der Waals surface area contributed by atoms with Gasteiger partial charge in [0, 0.05) is 25.4 Å². The molecule has 10 nitrogen and oxygen atoms in total. The van der Waals surface area contributed by atoms with Crippen molar-refractivity contribution in [2.24, 2.45) is 0 Å². The lowest BCUT2D eigenvalue weighted by Crippen LogP contribution is -2.43. The molecular weight excluding hydrogens is 483 g/mol. The number of hydrogen-bond acceptors (Lipinski definition) is 6. The van der Waals surface area contributed by atoms with Crippen LogP contribution >= 0.6 is 0 Å². The number of nitro groups is 1. The van der Waals surface area contributed by atoms with Crippen LogP contribution in [0.2, 0.25) is 0 Å². The molecule has 3 aromatic rings. The number of alkyl halides is 3. The van der Waals surface area contributed by atoms with Crippen molar-refractivity contribution < 1.29 is 22.8 Å². The summed E-state index contributed by atoms with van der Waals surface area (Å²) in [6.07, 6.45) is 1.45. The molecule has 0 aliphatic heterocycles. The van der Waals surface area contributed by atoms with Gasteiger partial charge in [-0.25, -0.2) is 4.79 Å². The third-order valence-corrected chi connectivity index (χ3v) is 5.33. The zero-order valence-corrected chi connectivity index (χ0v) is 19.6. The van der Waals surface area contributed by atoms with E-state index in [0.29, 0.717) is 12.0 Å². The van der Waals surface area contributed by atoms with Crippen LogP contribution in [-0.2, 0) is 30.5 Å². The number of aromatic nitrogens is 4. The third-order valence-electron chi connectivity index (χ3n) is 5.33. The molecule has 0 unspecified atom stereocenters. The van der Waals surface area contributed by atoms with Gasteiger partial charge in [0.2, 0.25) is 0 Å². The number of hydrogen-bond donors (Lipinski definition) is 0. The van der Waals surface area contributed by atoms with E-state index >= 15 is 0 Å². The van der Waals surface area contributed by atoms with Crippen molar-refractivity contribution in [3.8, 4) is 0 Å². The summed E-state index contributed by atoms with van der Waals surface area (Å²) in [7, 11) is 1.38. The minimum Gasteiger partial charge on any atom is -0.383 e. The average Bonchev–Trinajstić information content (AvgIpc) is 3.26. The first-order valence-corrected chi connectivity index (χ1v) is 10.9. The zero-order valence-electron chi connectivity index (χ0n) is 19.6. The van der Waals surface area contributed by atoms with E-state index in [1.165, 1.54) is 54.5 Å². The molecule has 0 fully saturated rings. The van der Waals surface area contributed by atoms with Crippen molar-refractivity contribution in [2.45, 2.75) is 39.2 Å². The van der Waals surface area contributed by atoms with E-state index in [4.69, 9.17) is 4.74 Å². The second-order valence-electron chi connectivity index (χ2n) is 7.83. The summed E-state index contributed by atoms with van der Waals surface area (Å²) in [5.41, 5.74) is -3.03. The Hall–Kier alpha value is -4.00. The first kappa shape index (κ1) is 26.6. The molecule has 13 heteroatoms. The lowest BCUT2D eigenvalue weighted by molar-refractivity contribution is -0.387. The van der Waals surface area contributed by atoms with Crippen molar-refractivity contribution in [1.29, 1.82) is 0 Å². The van der Waals surface area contributed by atoms with Gasteiger partial charge in [0.15, 0.2) is 0 Å². The van der Waals surface area contributed by atoms with Crippen LogP contribution in [-0.4, -0.2) is 37.6 Å². The van der Waals surface area contributed by atoms with Crippen LogP contribution in [0, 0.1) is 10.1 Å². The number of ether oxygens (including phenoxy) is 1. The highest BCUT2D eigenvalue weighted by atomic mass is 19.4. The Labute approximate surface area is 203 Å². The molecule has 0 aliphatic carbocycles. The molecular formula is C23H24F3N5O5. The van der Waals surface area contributed by atoms with Crippen LogP contribution in [0.4, 0.5) is 18.9 Å². The van der Waals surface area contributed by atoms with Gasteiger partial charge in [0.1, 0.15) is 5.69 Å². The van der Waals surface area contributed by atoms with Gasteiger partial charge >= 0.3 is 23.1 Å². The van der Waals surface area contributed by atoms with E-state index in [2.05, 4.69) is 5.10 Å². The van der Waals surface area contributed by atoms with Gasteiger partial charge in [-0.05, 0) is 30.2 Å². The van der Waals surface area contributed by atoms with Gasteiger partial charge in [-0.2, -0.15) is 18.3 Å². The van der Waals surface area contributed by atoms with Crippen LogP contribution in [0.15, 0.2) is 46.2 Å². The van der Waals surface area contributed by atoms with Gasteiger partial charge in [-0.1, -0.05) is 25.1 Å². The Morgan fingerprint density at radius 3 is 2.50 bits per heavy atom. The predicted molar refractivity (Wildman–Crippen MR) is 125 cm³/mol. The van der Waals surface area contributed by atoms with Crippen LogP contribution in [0.25, 0.3) is 12.2 Å². The molecule has 0 bridgehead atoms. The molecule has 0 saturated carbocycles. The summed E-state index contributed by atoms with van der Waals surface area (Å²) in [4.78, 5) is 36.6. The van der Waals surface area contributed by atoms with E-state index in [1.807, 2.05) is 0 Å². The van der Waals surface area contributed by atoms with Crippen LogP contribution in [0.5, 0.6) is 0 Å². The molecule has 36 heavy (non-hydrogen) atoms. The van der Waals surface area contributed by atoms with E-state index in [0.717, 1.165) is 15.2 Å². The fourth-order valence-electron chi connectivity index (χ4n) is 3.70. The highest BCUT2D eigenvalue weighted by Gasteiger charge is 2.33. The standard InChI is InChI=1S/C23H24F3N5O5/c1-3-10-29-19(20(31(34)35)21(32)30(22(29)33)11-12-36-2)9-8-16-13-27-28(14-16)15-17-6-4-5-7-18(17)23(24,25)26/h4-9,13-14H,3,10-12,15H2,1-2H3. The van der Waals surface area contributed by atoms with Gasteiger partial charge in [-0.3, -0.25) is 28.7 Å². The van der Waals surface area contributed by atoms with E-state index in [-0.39, 0.29) is 37.5 Å². The molecule has 0 amide bonds. The molecule has 0 radical (unpaired) electrons. The maximum absolute atomic E-state index is 13.3. The zero-order chi connectivity index (χ0) is 26.5. The highest BCUT2D eigenvalue weighted by Crippen LogP contribution is 2.32. The minimum absolute atomic E-state index is 0.0181. The van der Waals surface area contributed by atoms with Crippen LogP contribution in [0.3, 0.4) is 0 Å². The summed E-state index contributed by atoms with van der Waals surface area (Å²) in [6.45, 7) is 1.62. The number of rotatable bonds is 10. The summed E-state index contributed by atoms with van der Waals surface area (Å²) in [5, 5.41) is 15.8. The van der Waals surface area contributed by atoms with Crippen LogP contribution in [0.1, 0.15) is 35.7 Å². The SMILES string of the molecule is CCCn1c(C=Cc2cnn(Cc3ccccc3C(F)(F)F)c2)c([N+](=O)[O-])c(=O)n(CCOC)c1=O. The summed E-state index contributed by atoms with van der Waals surface area (Å²) < 4.78 is 47.9. The molecule has 0 spiro atoms.